The van der Waals surface area contributed by atoms with Gasteiger partial charge in [-0.3, -0.25) is 10.2 Å². The number of carbonyl (C=O) groups is 1. The Hall–Kier alpha value is -1.69. The molecule has 2 rings (SSSR count). The lowest BCUT2D eigenvalue weighted by atomic mass is 10.2. The summed E-state index contributed by atoms with van der Waals surface area (Å²) in [6.45, 7) is 0.126. The molecule has 0 spiro atoms. The molecule has 0 fully saturated rings. The number of furan rings is 1. The first-order chi connectivity index (χ1) is 9.11. The van der Waals surface area contributed by atoms with Gasteiger partial charge in [-0.25, -0.2) is 5.84 Å². The summed E-state index contributed by atoms with van der Waals surface area (Å²) >= 11 is 11.7. The number of hydrazine groups is 1. The summed E-state index contributed by atoms with van der Waals surface area (Å²) in [7, 11) is 0. The highest BCUT2D eigenvalue weighted by molar-refractivity contribution is 6.35. The summed E-state index contributed by atoms with van der Waals surface area (Å²) in [5.41, 5.74) is 2.56. The Kier molecular flexibility index (Phi) is 4.31. The number of hydrogen-bond donors (Lipinski definition) is 2. The minimum absolute atomic E-state index is 0.104. The van der Waals surface area contributed by atoms with Gasteiger partial charge in [-0.05, 0) is 24.3 Å². The van der Waals surface area contributed by atoms with E-state index in [0.717, 1.165) is 0 Å². The Bertz CT molecular complexity index is 598. The number of carbonyl (C=O) groups excluding carboxylic acids is 1. The fourth-order valence-corrected chi connectivity index (χ4v) is 1.92. The second-order valence-electron chi connectivity index (χ2n) is 3.61. The quantitative estimate of drug-likeness (QED) is 0.517. The first-order valence-corrected chi connectivity index (χ1v) is 6.02. The van der Waals surface area contributed by atoms with Crippen LogP contribution >= 0.6 is 23.2 Å². The highest BCUT2D eigenvalue weighted by Crippen LogP contribution is 2.28. The largest absolute Gasteiger partial charge is 0.487 e. The summed E-state index contributed by atoms with van der Waals surface area (Å²) in [4.78, 5) is 11.4. The highest BCUT2D eigenvalue weighted by Gasteiger charge is 2.15. The van der Waals surface area contributed by atoms with E-state index < -0.39 is 5.91 Å². The fraction of sp³-hybridized carbons (Fsp3) is 0.0833. The van der Waals surface area contributed by atoms with E-state index in [1.165, 1.54) is 6.26 Å². The van der Waals surface area contributed by atoms with Gasteiger partial charge in [0.1, 0.15) is 12.4 Å². The smallest absolute Gasteiger partial charge is 0.301 e. The summed E-state index contributed by atoms with van der Waals surface area (Å²) in [6.07, 6.45) is 1.38. The van der Waals surface area contributed by atoms with Crippen molar-refractivity contribution in [1.82, 2.24) is 5.43 Å². The van der Waals surface area contributed by atoms with Crippen LogP contribution in [-0.4, -0.2) is 5.91 Å². The van der Waals surface area contributed by atoms with Gasteiger partial charge in [0.2, 0.25) is 0 Å². The maximum absolute atomic E-state index is 11.4. The summed E-state index contributed by atoms with van der Waals surface area (Å²) in [6, 6.07) is 6.49. The van der Waals surface area contributed by atoms with Crippen LogP contribution in [0.2, 0.25) is 10.0 Å². The molecule has 1 heterocycles. The van der Waals surface area contributed by atoms with Gasteiger partial charge in [-0.2, -0.15) is 0 Å². The predicted molar refractivity (Wildman–Crippen MR) is 71.2 cm³/mol. The molecule has 2 aromatic rings. The highest BCUT2D eigenvalue weighted by atomic mass is 35.5. The molecule has 0 bridgehead atoms. The van der Waals surface area contributed by atoms with Crippen LogP contribution in [0.5, 0.6) is 5.75 Å². The number of amides is 1. The first-order valence-electron chi connectivity index (χ1n) is 5.27. The Labute approximate surface area is 119 Å². The van der Waals surface area contributed by atoms with E-state index in [1.54, 1.807) is 24.3 Å². The van der Waals surface area contributed by atoms with Gasteiger partial charge in [0.15, 0.2) is 5.76 Å². The van der Waals surface area contributed by atoms with Gasteiger partial charge in [-0.1, -0.05) is 23.2 Å². The Morgan fingerprint density at radius 3 is 2.84 bits per heavy atom. The van der Waals surface area contributed by atoms with Gasteiger partial charge in [0.25, 0.3) is 0 Å². The third kappa shape index (κ3) is 3.20. The monoisotopic (exact) mass is 300 g/mol. The van der Waals surface area contributed by atoms with Gasteiger partial charge in [0.05, 0.1) is 11.3 Å². The Morgan fingerprint density at radius 1 is 1.37 bits per heavy atom. The fourth-order valence-electron chi connectivity index (χ4n) is 1.46. The molecule has 3 N–H and O–H groups in total. The molecule has 1 aromatic carbocycles. The van der Waals surface area contributed by atoms with Crippen LogP contribution in [0, 0.1) is 0 Å². The Balaban J connectivity index is 2.10. The van der Waals surface area contributed by atoms with E-state index in [2.05, 4.69) is 0 Å². The number of benzene rings is 1. The second kappa shape index (κ2) is 5.97. The number of rotatable bonds is 4. The number of ether oxygens (including phenoxy) is 1. The van der Waals surface area contributed by atoms with Crippen LogP contribution < -0.4 is 16.0 Å². The normalized spacial score (nSPS) is 10.3. The lowest BCUT2D eigenvalue weighted by Gasteiger charge is -2.08. The third-order valence-electron chi connectivity index (χ3n) is 2.36. The SMILES string of the molecule is NNC(=O)c1occc1COc1ccc(Cl)cc1Cl. The molecule has 5 nitrogen and oxygen atoms in total. The molecule has 0 aliphatic rings. The number of nitrogens with one attached hydrogen (secondary N) is 1. The van der Waals surface area contributed by atoms with Crippen LogP contribution in [0.15, 0.2) is 34.9 Å². The molecule has 100 valence electrons. The number of nitrogens with two attached hydrogens (primary N) is 1. The molecule has 0 saturated heterocycles. The number of halogens is 2. The predicted octanol–water partition coefficient (Wildman–Crippen LogP) is 2.77. The topological polar surface area (TPSA) is 77.5 Å². The van der Waals surface area contributed by atoms with E-state index in [0.29, 0.717) is 21.4 Å². The molecule has 19 heavy (non-hydrogen) atoms. The van der Waals surface area contributed by atoms with Crippen molar-refractivity contribution in [2.45, 2.75) is 6.61 Å². The first kappa shape index (κ1) is 13.7. The standard InChI is InChI=1S/C12H10Cl2N2O3/c13-8-1-2-10(9(14)5-8)19-6-7-3-4-18-11(7)12(17)16-15/h1-5H,6,15H2,(H,16,17). The molecule has 0 radical (unpaired) electrons. The van der Waals surface area contributed by atoms with Crippen LogP contribution in [-0.2, 0) is 6.61 Å². The van der Waals surface area contributed by atoms with Crippen LogP contribution in [0.25, 0.3) is 0 Å². The summed E-state index contributed by atoms with van der Waals surface area (Å²) in [5.74, 6) is 5.09. The van der Waals surface area contributed by atoms with Crippen molar-refractivity contribution in [3.63, 3.8) is 0 Å². The molecule has 0 atom stereocenters. The molecule has 0 aliphatic heterocycles. The maximum Gasteiger partial charge on any atom is 0.301 e. The molecule has 1 aromatic heterocycles. The van der Waals surface area contributed by atoms with Crippen LogP contribution in [0.3, 0.4) is 0 Å². The van der Waals surface area contributed by atoms with Gasteiger partial charge in [0, 0.05) is 10.6 Å². The van der Waals surface area contributed by atoms with E-state index in [1.807, 2.05) is 5.43 Å². The lowest BCUT2D eigenvalue weighted by Crippen LogP contribution is -2.30. The van der Waals surface area contributed by atoms with Crippen LogP contribution in [0.4, 0.5) is 0 Å². The average Bonchev–Trinajstić information content (AvgIpc) is 2.85. The third-order valence-corrected chi connectivity index (χ3v) is 2.89. The molecule has 1 amide bonds. The zero-order valence-electron chi connectivity index (χ0n) is 9.65. The summed E-state index contributed by atoms with van der Waals surface area (Å²) in [5, 5.41) is 0.907. The molecular formula is C12H10Cl2N2O3. The van der Waals surface area contributed by atoms with Crippen molar-refractivity contribution in [1.29, 1.82) is 0 Å². The van der Waals surface area contributed by atoms with E-state index in [9.17, 15) is 4.79 Å². The van der Waals surface area contributed by atoms with Crippen molar-refractivity contribution in [2.75, 3.05) is 0 Å². The molecule has 0 unspecified atom stereocenters. The van der Waals surface area contributed by atoms with Crippen molar-refractivity contribution >= 4 is 29.1 Å². The van der Waals surface area contributed by atoms with E-state index >= 15 is 0 Å². The zero-order chi connectivity index (χ0) is 13.8. The zero-order valence-corrected chi connectivity index (χ0v) is 11.2. The maximum atomic E-state index is 11.4. The van der Waals surface area contributed by atoms with E-state index in [4.69, 9.17) is 38.2 Å². The van der Waals surface area contributed by atoms with Gasteiger partial charge < -0.3 is 9.15 Å². The van der Waals surface area contributed by atoms with Gasteiger partial charge >= 0.3 is 5.91 Å². The number of hydrogen-bond acceptors (Lipinski definition) is 4. The minimum atomic E-state index is -0.522. The van der Waals surface area contributed by atoms with Crippen LogP contribution in [0.1, 0.15) is 16.1 Å². The Morgan fingerprint density at radius 2 is 2.16 bits per heavy atom. The average molecular weight is 301 g/mol. The molecule has 7 heteroatoms. The molecular weight excluding hydrogens is 291 g/mol. The van der Waals surface area contributed by atoms with Crippen molar-refractivity contribution in [2.24, 2.45) is 5.84 Å². The number of nitrogen functional groups attached to an aromatic ring is 1. The van der Waals surface area contributed by atoms with Crippen molar-refractivity contribution in [3.05, 3.63) is 51.9 Å². The molecule has 0 aliphatic carbocycles. The summed E-state index contributed by atoms with van der Waals surface area (Å²) < 4.78 is 10.5. The molecule has 0 saturated carbocycles. The van der Waals surface area contributed by atoms with Crippen molar-refractivity contribution < 1.29 is 13.9 Å². The van der Waals surface area contributed by atoms with E-state index in [-0.39, 0.29) is 12.4 Å². The second-order valence-corrected chi connectivity index (χ2v) is 4.46. The van der Waals surface area contributed by atoms with Crippen molar-refractivity contribution in [3.8, 4) is 5.75 Å². The van der Waals surface area contributed by atoms with Gasteiger partial charge in [-0.15, -0.1) is 0 Å². The minimum Gasteiger partial charge on any atom is -0.487 e. The lowest BCUT2D eigenvalue weighted by molar-refractivity contribution is 0.0922.